The molecule has 0 radical (unpaired) electrons. The number of aryl methyl sites for hydroxylation is 1. The zero-order chi connectivity index (χ0) is 13.6. The molecule has 19 heavy (non-hydrogen) atoms. The van der Waals surface area contributed by atoms with Crippen LogP contribution in [-0.4, -0.2) is 5.78 Å². The molecule has 3 rings (SSSR count). The van der Waals surface area contributed by atoms with E-state index in [4.69, 9.17) is 0 Å². The third-order valence-electron chi connectivity index (χ3n) is 2.86. The zero-order valence-electron chi connectivity index (χ0n) is 9.87. The fourth-order valence-electron chi connectivity index (χ4n) is 1.83. The highest BCUT2D eigenvalue weighted by Crippen LogP contribution is 2.33. The lowest BCUT2D eigenvalue weighted by Crippen LogP contribution is -2.00. The summed E-state index contributed by atoms with van der Waals surface area (Å²) in [7, 11) is 0. The van der Waals surface area contributed by atoms with E-state index < -0.39 is 0 Å². The maximum Gasteiger partial charge on any atom is 0.204 e. The Morgan fingerprint density at radius 2 is 1.89 bits per heavy atom. The predicted octanol–water partition coefficient (Wildman–Crippen LogP) is 6.03. The normalized spacial score (nSPS) is 11.1. The van der Waals surface area contributed by atoms with Crippen molar-refractivity contribution in [2.45, 2.75) is 6.92 Å². The minimum atomic E-state index is 0.0703. The zero-order valence-corrected chi connectivity index (χ0v) is 14.7. The minimum absolute atomic E-state index is 0.0703. The molecule has 0 N–H and O–H groups in total. The Morgan fingerprint density at radius 1 is 1.11 bits per heavy atom. The first kappa shape index (κ1) is 13.5. The highest BCUT2D eigenvalue weighted by molar-refractivity contribution is 9.11. The van der Waals surface area contributed by atoms with Gasteiger partial charge >= 0.3 is 0 Å². The van der Waals surface area contributed by atoms with Gasteiger partial charge < -0.3 is 0 Å². The largest absolute Gasteiger partial charge is 0.288 e. The summed E-state index contributed by atoms with van der Waals surface area (Å²) in [5, 5.41) is 2.05. The Morgan fingerprint density at radius 3 is 2.63 bits per heavy atom. The van der Waals surface area contributed by atoms with Crippen molar-refractivity contribution in [3.8, 4) is 0 Å². The molecule has 96 valence electrons. The van der Waals surface area contributed by atoms with Crippen LogP contribution in [0.25, 0.3) is 9.40 Å². The standard InChI is InChI=1S/C14H8Br2OS2/c1-7-4-10(16)8(5-9(7)15)14(17)13-6-12-11(19-13)2-3-18-12/h2-6H,1H3. The summed E-state index contributed by atoms with van der Waals surface area (Å²) in [5.41, 5.74) is 1.81. The molecule has 0 saturated carbocycles. The van der Waals surface area contributed by atoms with Crippen LogP contribution in [0.3, 0.4) is 0 Å². The first-order valence-corrected chi connectivity index (χ1v) is 8.82. The van der Waals surface area contributed by atoms with Crippen LogP contribution in [0.1, 0.15) is 20.8 Å². The molecule has 3 aromatic rings. The highest BCUT2D eigenvalue weighted by Gasteiger charge is 2.17. The maximum absolute atomic E-state index is 12.6. The molecular formula is C14H8Br2OS2. The van der Waals surface area contributed by atoms with E-state index in [1.54, 1.807) is 22.7 Å². The molecular weight excluding hydrogens is 408 g/mol. The van der Waals surface area contributed by atoms with Crippen LogP contribution in [0.5, 0.6) is 0 Å². The molecule has 0 unspecified atom stereocenters. The van der Waals surface area contributed by atoms with Crippen molar-refractivity contribution in [1.82, 2.24) is 0 Å². The fraction of sp³-hybridized carbons (Fsp3) is 0.0714. The van der Waals surface area contributed by atoms with Crippen molar-refractivity contribution in [3.63, 3.8) is 0 Å². The number of fused-ring (bicyclic) bond motifs is 1. The predicted molar refractivity (Wildman–Crippen MR) is 89.7 cm³/mol. The van der Waals surface area contributed by atoms with Gasteiger partial charge in [-0.3, -0.25) is 4.79 Å². The summed E-state index contributed by atoms with van der Waals surface area (Å²) in [6, 6.07) is 7.89. The number of thiophene rings is 2. The van der Waals surface area contributed by atoms with Crippen LogP contribution in [0.4, 0.5) is 0 Å². The van der Waals surface area contributed by atoms with Crippen LogP contribution >= 0.6 is 54.5 Å². The molecule has 0 saturated heterocycles. The third kappa shape index (κ3) is 2.44. The molecule has 2 aromatic heterocycles. The Hall–Kier alpha value is -0.490. The van der Waals surface area contributed by atoms with Gasteiger partial charge in [-0.2, -0.15) is 0 Å². The Labute approximate surface area is 135 Å². The number of carbonyl (C=O) groups is 1. The minimum Gasteiger partial charge on any atom is -0.288 e. The molecule has 0 spiro atoms. The molecule has 0 bridgehead atoms. The first-order chi connectivity index (χ1) is 9.06. The van der Waals surface area contributed by atoms with Crippen molar-refractivity contribution < 1.29 is 4.79 Å². The second-order valence-corrected chi connectivity index (χ2v) is 7.91. The number of rotatable bonds is 2. The number of halogens is 2. The van der Waals surface area contributed by atoms with E-state index in [9.17, 15) is 4.79 Å². The van der Waals surface area contributed by atoms with Crippen LogP contribution in [0.15, 0.2) is 38.6 Å². The van der Waals surface area contributed by atoms with Crippen LogP contribution in [-0.2, 0) is 0 Å². The number of benzene rings is 1. The molecule has 0 fully saturated rings. The summed E-state index contributed by atoms with van der Waals surface area (Å²) in [5.74, 6) is 0.0703. The van der Waals surface area contributed by atoms with Crippen LogP contribution in [0, 0.1) is 6.92 Å². The van der Waals surface area contributed by atoms with E-state index in [0.717, 1.165) is 19.4 Å². The average molecular weight is 416 g/mol. The van der Waals surface area contributed by atoms with Gasteiger partial charge in [0.2, 0.25) is 5.78 Å². The van der Waals surface area contributed by atoms with Gasteiger partial charge in [-0.25, -0.2) is 0 Å². The molecule has 1 nitrogen and oxygen atoms in total. The lowest BCUT2D eigenvalue weighted by molar-refractivity contribution is 0.104. The van der Waals surface area contributed by atoms with Gasteiger partial charge in [-0.15, -0.1) is 22.7 Å². The molecule has 1 aromatic carbocycles. The van der Waals surface area contributed by atoms with Gasteiger partial charge in [0.05, 0.1) is 4.88 Å². The maximum atomic E-state index is 12.6. The molecule has 0 aliphatic heterocycles. The third-order valence-corrected chi connectivity index (χ3v) is 6.46. The van der Waals surface area contributed by atoms with E-state index in [-0.39, 0.29) is 5.78 Å². The van der Waals surface area contributed by atoms with Gasteiger partial charge in [0.25, 0.3) is 0 Å². The van der Waals surface area contributed by atoms with Crippen LogP contribution in [0.2, 0.25) is 0 Å². The highest BCUT2D eigenvalue weighted by atomic mass is 79.9. The Bertz CT molecular complexity index is 757. The van der Waals surface area contributed by atoms with E-state index in [2.05, 4.69) is 37.9 Å². The van der Waals surface area contributed by atoms with Crippen molar-refractivity contribution in [1.29, 1.82) is 0 Å². The number of hydrogen-bond acceptors (Lipinski definition) is 3. The quantitative estimate of drug-likeness (QED) is 0.467. The van der Waals surface area contributed by atoms with E-state index in [1.165, 1.54) is 9.40 Å². The molecule has 2 heterocycles. The Kier molecular flexibility index (Phi) is 3.64. The molecule has 0 aliphatic rings. The number of hydrogen-bond donors (Lipinski definition) is 0. The molecule has 0 atom stereocenters. The van der Waals surface area contributed by atoms with Gasteiger partial charge in [0, 0.05) is 23.9 Å². The van der Waals surface area contributed by atoms with Crippen LogP contribution < -0.4 is 0 Å². The number of carbonyl (C=O) groups excluding carboxylic acids is 1. The summed E-state index contributed by atoms with van der Waals surface area (Å²) < 4.78 is 4.15. The van der Waals surface area contributed by atoms with Crippen molar-refractivity contribution in [2.24, 2.45) is 0 Å². The topological polar surface area (TPSA) is 17.1 Å². The van der Waals surface area contributed by atoms with Gasteiger partial charge in [-0.1, -0.05) is 31.9 Å². The van der Waals surface area contributed by atoms with Crippen molar-refractivity contribution >= 4 is 69.7 Å². The van der Waals surface area contributed by atoms with Gasteiger partial charge in [-0.05, 0) is 42.1 Å². The lowest BCUT2D eigenvalue weighted by Gasteiger charge is -2.05. The SMILES string of the molecule is Cc1cc(Br)c(C(=O)c2cc3sccc3s2)cc1Br. The molecule has 5 heteroatoms. The van der Waals surface area contributed by atoms with E-state index in [0.29, 0.717) is 5.56 Å². The summed E-state index contributed by atoms with van der Waals surface area (Å²) in [4.78, 5) is 13.4. The fourth-order valence-corrected chi connectivity index (χ4v) is 4.87. The summed E-state index contributed by atoms with van der Waals surface area (Å²) in [6.07, 6.45) is 0. The second kappa shape index (κ2) is 5.13. The van der Waals surface area contributed by atoms with E-state index >= 15 is 0 Å². The monoisotopic (exact) mass is 414 g/mol. The number of ketones is 1. The van der Waals surface area contributed by atoms with Gasteiger partial charge in [0.1, 0.15) is 0 Å². The molecule has 0 aliphatic carbocycles. The van der Waals surface area contributed by atoms with Gasteiger partial charge in [0.15, 0.2) is 0 Å². The van der Waals surface area contributed by atoms with Crippen molar-refractivity contribution in [2.75, 3.05) is 0 Å². The second-order valence-electron chi connectivity index (χ2n) is 4.17. The van der Waals surface area contributed by atoms with Crippen molar-refractivity contribution in [3.05, 3.63) is 54.6 Å². The Balaban J connectivity index is 2.09. The van der Waals surface area contributed by atoms with E-state index in [1.807, 2.05) is 30.5 Å². The first-order valence-electron chi connectivity index (χ1n) is 5.53. The summed E-state index contributed by atoms with van der Waals surface area (Å²) in [6.45, 7) is 2.00. The molecule has 0 amide bonds. The average Bonchev–Trinajstić information content (AvgIpc) is 2.93. The smallest absolute Gasteiger partial charge is 0.204 e. The summed E-state index contributed by atoms with van der Waals surface area (Å²) >= 11 is 10.2. The lowest BCUT2D eigenvalue weighted by atomic mass is 10.1.